The van der Waals surface area contributed by atoms with Crippen LogP contribution in [0.1, 0.15) is 23.6 Å². The molecule has 0 radical (unpaired) electrons. The standard InChI is InChI=1S/C24H27N3O3/c1-4-8-19-11-12-22(23(13-19)29-3)30-18-24(28)26(2)15-21-14-25-27(17-21)16-20-9-6-5-7-10-20/h4-14,17H,15-16,18H2,1-3H3/b8-4+. The van der Waals surface area contributed by atoms with Gasteiger partial charge in [0, 0.05) is 25.4 Å². The Morgan fingerprint density at radius 3 is 2.67 bits per heavy atom. The lowest BCUT2D eigenvalue weighted by atomic mass is 10.2. The molecule has 2 aromatic carbocycles. The van der Waals surface area contributed by atoms with Gasteiger partial charge in [0.25, 0.3) is 5.91 Å². The van der Waals surface area contributed by atoms with Gasteiger partial charge in [0.2, 0.25) is 0 Å². The molecule has 0 aliphatic carbocycles. The molecule has 3 rings (SSSR count). The van der Waals surface area contributed by atoms with Crippen molar-refractivity contribution < 1.29 is 14.3 Å². The summed E-state index contributed by atoms with van der Waals surface area (Å²) in [6, 6.07) is 15.8. The fraction of sp³-hybridized carbons (Fsp3) is 0.250. The van der Waals surface area contributed by atoms with Gasteiger partial charge in [-0.1, -0.05) is 48.6 Å². The number of likely N-dealkylation sites (N-methyl/N-ethyl adjacent to an activating group) is 1. The van der Waals surface area contributed by atoms with E-state index in [-0.39, 0.29) is 12.5 Å². The summed E-state index contributed by atoms with van der Waals surface area (Å²) in [5.74, 6) is 1.02. The molecule has 1 amide bonds. The Morgan fingerprint density at radius 2 is 1.93 bits per heavy atom. The molecule has 6 heteroatoms. The van der Waals surface area contributed by atoms with E-state index < -0.39 is 0 Å². The van der Waals surface area contributed by atoms with Gasteiger partial charge in [0.1, 0.15) is 0 Å². The number of nitrogens with zero attached hydrogens (tertiary/aromatic N) is 3. The molecular weight excluding hydrogens is 378 g/mol. The van der Waals surface area contributed by atoms with E-state index in [9.17, 15) is 4.79 Å². The Morgan fingerprint density at radius 1 is 1.13 bits per heavy atom. The first-order valence-corrected chi connectivity index (χ1v) is 9.82. The number of aromatic nitrogens is 2. The lowest BCUT2D eigenvalue weighted by Gasteiger charge is -2.17. The van der Waals surface area contributed by atoms with Gasteiger partial charge in [0.05, 0.1) is 19.9 Å². The van der Waals surface area contributed by atoms with Crippen molar-refractivity contribution >= 4 is 12.0 Å². The predicted molar refractivity (Wildman–Crippen MR) is 117 cm³/mol. The Bertz CT molecular complexity index is 996. The molecule has 1 aromatic heterocycles. The number of allylic oxidation sites excluding steroid dienone is 1. The summed E-state index contributed by atoms with van der Waals surface area (Å²) in [7, 11) is 3.34. The molecule has 0 saturated carbocycles. The molecule has 0 bridgehead atoms. The minimum Gasteiger partial charge on any atom is -0.493 e. The summed E-state index contributed by atoms with van der Waals surface area (Å²) in [5, 5.41) is 4.39. The van der Waals surface area contributed by atoms with Crippen molar-refractivity contribution in [3.05, 3.63) is 83.7 Å². The fourth-order valence-corrected chi connectivity index (χ4v) is 3.06. The SMILES string of the molecule is C/C=C/c1ccc(OCC(=O)N(C)Cc2cnn(Cc3ccccc3)c2)c(OC)c1. The zero-order chi connectivity index (χ0) is 21.3. The summed E-state index contributed by atoms with van der Waals surface area (Å²) < 4.78 is 13.0. The highest BCUT2D eigenvalue weighted by atomic mass is 16.5. The summed E-state index contributed by atoms with van der Waals surface area (Å²) in [6.45, 7) is 3.06. The summed E-state index contributed by atoms with van der Waals surface area (Å²) in [6.07, 6.45) is 7.68. The minimum atomic E-state index is -0.120. The van der Waals surface area contributed by atoms with E-state index in [4.69, 9.17) is 9.47 Å². The first-order chi connectivity index (χ1) is 14.6. The molecule has 0 unspecified atom stereocenters. The third kappa shape index (κ3) is 5.73. The topological polar surface area (TPSA) is 56.6 Å². The highest BCUT2D eigenvalue weighted by Crippen LogP contribution is 2.28. The van der Waals surface area contributed by atoms with E-state index >= 15 is 0 Å². The van der Waals surface area contributed by atoms with Crippen LogP contribution >= 0.6 is 0 Å². The molecule has 0 aliphatic rings. The number of methoxy groups -OCH3 is 1. The second kappa shape index (κ2) is 10.3. The van der Waals surface area contributed by atoms with Gasteiger partial charge in [-0.15, -0.1) is 0 Å². The Labute approximate surface area is 177 Å². The molecule has 0 atom stereocenters. The smallest absolute Gasteiger partial charge is 0.260 e. The van der Waals surface area contributed by atoms with E-state index in [0.29, 0.717) is 24.6 Å². The molecular formula is C24H27N3O3. The first kappa shape index (κ1) is 21.2. The van der Waals surface area contributed by atoms with Gasteiger partial charge in [0.15, 0.2) is 18.1 Å². The second-order valence-corrected chi connectivity index (χ2v) is 6.98. The van der Waals surface area contributed by atoms with E-state index in [2.05, 4.69) is 17.2 Å². The number of benzene rings is 2. The number of rotatable bonds is 9. The lowest BCUT2D eigenvalue weighted by Crippen LogP contribution is -2.30. The third-order valence-electron chi connectivity index (χ3n) is 4.62. The third-order valence-corrected chi connectivity index (χ3v) is 4.62. The van der Waals surface area contributed by atoms with Gasteiger partial charge in [-0.05, 0) is 30.2 Å². The molecule has 6 nitrogen and oxygen atoms in total. The van der Waals surface area contributed by atoms with Crippen molar-refractivity contribution in [3.8, 4) is 11.5 Å². The maximum atomic E-state index is 12.5. The molecule has 3 aromatic rings. The van der Waals surface area contributed by atoms with Gasteiger partial charge in [-0.25, -0.2) is 0 Å². The van der Waals surface area contributed by atoms with Crippen molar-refractivity contribution in [1.82, 2.24) is 14.7 Å². The van der Waals surface area contributed by atoms with Crippen molar-refractivity contribution in [2.45, 2.75) is 20.0 Å². The molecule has 156 valence electrons. The summed E-state index contributed by atoms with van der Waals surface area (Å²) >= 11 is 0. The zero-order valence-electron chi connectivity index (χ0n) is 17.6. The second-order valence-electron chi connectivity index (χ2n) is 6.98. The van der Waals surface area contributed by atoms with Gasteiger partial charge >= 0.3 is 0 Å². The van der Waals surface area contributed by atoms with Crippen LogP contribution in [-0.2, 0) is 17.9 Å². The van der Waals surface area contributed by atoms with Crippen LogP contribution in [0.2, 0.25) is 0 Å². The van der Waals surface area contributed by atoms with Gasteiger partial charge in [-0.3, -0.25) is 9.48 Å². The van der Waals surface area contributed by atoms with Crippen molar-refractivity contribution in [2.24, 2.45) is 0 Å². The average molecular weight is 405 g/mol. The van der Waals surface area contributed by atoms with Crippen molar-refractivity contribution in [2.75, 3.05) is 20.8 Å². The number of hydrogen-bond donors (Lipinski definition) is 0. The van der Waals surface area contributed by atoms with E-state index in [1.807, 2.05) is 66.4 Å². The number of carbonyl (C=O) groups is 1. The van der Waals surface area contributed by atoms with Crippen LogP contribution in [0.15, 0.2) is 67.0 Å². The van der Waals surface area contributed by atoms with Crippen LogP contribution in [0.4, 0.5) is 0 Å². The molecule has 1 heterocycles. The van der Waals surface area contributed by atoms with Crippen LogP contribution < -0.4 is 9.47 Å². The Hall–Kier alpha value is -3.54. The number of ether oxygens (including phenoxy) is 2. The summed E-state index contributed by atoms with van der Waals surface area (Å²) in [4.78, 5) is 14.1. The average Bonchev–Trinajstić information content (AvgIpc) is 3.19. The van der Waals surface area contributed by atoms with Crippen LogP contribution in [0.3, 0.4) is 0 Å². The quantitative estimate of drug-likeness (QED) is 0.540. The normalized spacial score (nSPS) is 10.9. The maximum absolute atomic E-state index is 12.5. The van der Waals surface area contributed by atoms with Crippen LogP contribution in [0, 0.1) is 0 Å². The molecule has 0 aliphatic heterocycles. The van der Waals surface area contributed by atoms with E-state index in [1.165, 1.54) is 5.56 Å². The number of carbonyl (C=O) groups excluding carboxylic acids is 1. The molecule has 0 saturated heterocycles. The number of amides is 1. The number of hydrogen-bond acceptors (Lipinski definition) is 4. The molecule has 0 N–H and O–H groups in total. The first-order valence-electron chi connectivity index (χ1n) is 9.82. The van der Waals surface area contributed by atoms with Crippen molar-refractivity contribution in [1.29, 1.82) is 0 Å². The highest BCUT2D eigenvalue weighted by Gasteiger charge is 2.13. The minimum absolute atomic E-state index is 0.0615. The largest absolute Gasteiger partial charge is 0.493 e. The van der Waals surface area contributed by atoms with E-state index in [1.54, 1.807) is 25.3 Å². The lowest BCUT2D eigenvalue weighted by molar-refractivity contribution is -0.132. The van der Waals surface area contributed by atoms with Crippen LogP contribution in [0.25, 0.3) is 6.08 Å². The van der Waals surface area contributed by atoms with Crippen molar-refractivity contribution in [3.63, 3.8) is 0 Å². The van der Waals surface area contributed by atoms with Crippen LogP contribution in [-0.4, -0.2) is 41.4 Å². The van der Waals surface area contributed by atoms with Crippen LogP contribution in [0.5, 0.6) is 11.5 Å². The fourth-order valence-electron chi connectivity index (χ4n) is 3.06. The van der Waals surface area contributed by atoms with Gasteiger partial charge < -0.3 is 14.4 Å². The maximum Gasteiger partial charge on any atom is 0.260 e. The molecule has 0 fully saturated rings. The monoisotopic (exact) mass is 405 g/mol. The Balaban J connectivity index is 1.54. The van der Waals surface area contributed by atoms with Gasteiger partial charge in [-0.2, -0.15) is 5.10 Å². The molecule has 0 spiro atoms. The summed E-state index contributed by atoms with van der Waals surface area (Å²) in [5.41, 5.74) is 3.16. The van der Waals surface area contributed by atoms with E-state index in [0.717, 1.165) is 11.1 Å². The molecule has 30 heavy (non-hydrogen) atoms. The Kier molecular flexibility index (Phi) is 7.27. The highest BCUT2D eigenvalue weighted by molar-refractivity contribution is 5.77. The zero-order valence-corrected chi connectivity index (χ0v) is 17.6. The predicted octanol–water partition coefficient (Wildman–Crippen LogP) is 4.01.